The molecule has 2 aromatic rings. The smallest absolute Gasteiger partial charge is 0.233 e. The summed E-state index contributed by atoms with van der Waals surface area (Å²) in [6.07, 6.45) is 2.89. The predicted molar refractivity (Wildman–Crippen MR) is 115 cm³/mol. The number of benzene rings is 1. The first-order chi connectivity index (χ1) is 13.5. The number of carbonyl (C=O) groups is 1. The highest BCUT2D eigenvalue weighted by molar-refractivity contribution is 7.99. The van der Waals surface area contributed by atoms with Crippen LogP contribution in [0.15, 0.2) is 47.8 Å². The second-order valence-corrected chi connectivity index (χ2v) is 8.74. The van der Waals surface area contributed by atoms with E-state index in [1.807, 2.05) is 36.1 Å². The maximum absolute atomic E-state index is 12.7. The highest BCUT2D eigenvalue weighted by Gasteiger charge is 2.23. The highest BCUT2D eigenvalue weighted by atomic mass is 32.2. The van der Waals surface area contributed by atoms with Crippen molar-refractivity contribution in [1.29, 1.82) is 0 Å². The summed E-state index contributed by atoms with van der Waals surface area (Å²) in [5.74, 6) is 2.85. The van der Waals surface area contributed by atoms with E-state index in [1.165, 1.54) is 18.2 Å². The lowest BCUT2D eigenvalue weighted by Gasteiger charge is -2.35. The van der Waals surface area contributed by atoms with Gasteiger partial charge in [-0.15, -0.1) is 0 Å². The van der Waals surface area contributed by atoms with Crippen LogP contribution in [0.25, 0.3) is 0 Å². The van der Waals surface area contributed by atoms with Crippen LogP contribution in [0.4, 0.5) is 5.82 Å². The zero-order chi connectivity index (χ0) is 19.9. The molecule has 2 heterocycles. The molecule has 1 saturated heterocycles. The van der Waals surface area contributed by atoms with E-state index in [9.17, 15) is 4.79 Å². The summed E-state index contributed by atoms with van der Waals surface area (Å²) >= 11 is 1.49. The molecule has 1 aliphatic rings. The lowest BCUT2D eigenvalue weighted by atomic mass is 9.92. The molecule has 1 aromatic heterocycles. The van der Waals surface area contributed by atoms with Gasteiger partial charge in [0, 0.05) is 32.2 Å². The number of aromatic nitrogens is 2. The van der Waals surface area contributed by atoms with E-state index in [-0.39, 0.29) is 5.91 Å². The van der Waals surface area contributed by atoms with Crippen molar-refractivity contribution in [2.45, 2.75) is 38.8 Å². The van der Waals surface area contributed by atoms with E-state index in [2.05, 4.69) is 40.8 Å². The zero-order valence-corrected chi connectivity index (χ0v) is 17.9. The van der Waals surface area contributed by atoms with Gasteiger partial charge in [0.15, 0.2) is 0 Å². The average molecular weight is 399 g/mol. The normalized spacial score (nSPS) is 19.5. The Hall–Kier alpha value is -2.08. The topological polar surface area (TPSA) is 49.3 Å². The summed E-state index contributed by atoms with van der Waals surface area (Å²) in [4.78, 5) is 25.8. The minimum atomic E-state index is 0.136. The first kappa shape index (κ1) is 20.6. The van der Waals surface area contributed by atoms with Crippen LogP contribution in [0.1, 0.15) is 32.8 Å². The fraction of sp³-hybridized carbons (Fsp3) is 0.500. The van der Waals surface area contributed by atoms with Crippen LogP contribution < -0.4 is 4.90 Å². The van der Waals surface area contributed by atoms with Gasteiger partial charge in [-0.2, -0.15) is 0 Å². The standard InChI is InChI=1S/C22H30N4OS/c1-4-25(14-19-8-6-5-7-9-19)22(27)15-28-21-11-20(23-16-24-21)26-12-17(2)10-18(3)13-26/h5-9,11,16-18H,4,10,12-15H2,1-3H3. The second-order valence-electron chi connectivity index (χ2n) is 7.75. The van der Waals surface area contributed by atoms with Gasteiger partial charge in [-0.05, 0) is 30.7 Å². The molecule has 0 radical (unpaired) electrons. The van der Waals surface area contributed by atoms with E-state index in [0.29, 0.717) is 30.7 Å². The van der Waals surface area contributed by atoms with Crippen molar-refractivity contribution in [2.75, 3.05) is 30.3 Å². The van der Waals surface area contributed by atoms with Gasteiger partial charge < -0.3 is 9.80 Å². The summed E-state index contributed by atoms with van der Waals surface area (Å²) in [5, 5.41) is 0.861. The molecule has 0 spiro atoms. The summed E-state index contributed by atoms with van der Waals surface area (Å²) in [6.45, 7) is 10.0. The molecule has 1 aliphatic heterocycles. The lowest BCUT2D eigenvalue weighted by Crippen LogP contribution is -2.39. The molecule has 0 saturated carbocycles. The van der Waals surface area contributed by atoms with Crippen molar-refractivity contribution >= 4 is 23.5 Å². The van der Waals surface area contributed by atoms with Gasteiger partial charge in [0.25, 0.3) is 0 Å². The Labute approximate surface area is 172 Å². The van der Waals surface area contributed by atoms with Crippen molar-refractivity contribution in [3.05, 3.63) is 48.3 Å². The Kier molecular flexibility index (Phi) is 7.31. The third-order valence-electron chi connectivity index (χ3n) is 5.11. The number of piperidine rings is 1. The monoisotopic (exact) mass is 398 g/mol. The Morgan fingerprint density at radius 2 is 1.89 bits per heavy atom. The summed E-state index contributed by atoms with van der Waals surface area (Å²) in [6, 6.07) is 12.1. The maximum Gasteiger partial charge on any atom is 0.233 e. The van der Waals surface area contributed by atoms with Gasteiger partial charge >= 0.3 is 0 Å². The minimum absolute atomic E-state index is 0.136. The van der Waals surface area contributed by atoms with Crippen molar-refractivity contribution in [2.24, 2.45) is 11.8 Å². The molecule has 6 heteroatoms. The number of hydrogen-bond acceptors (Lipinski definition) is 5. The molecular formula is C22H30N4OS. The third kappa shape index (κ3) is 5.71. The molecule has 2 unspecified atom stereocenters. The van der Waals surface area contributed by atoms with E-state index < -0.39 is 0 Å². The predicted octanol–water partition coefficient (Wildman–Crippen LogP) is 4.10. The van der Waals surface area contributed by atoms with Crippen LogP contribution in [0.2, 0.25) is 0 Å². The van der Waals surface area contributed by atoms with Crippen molar-refractivity contribution in [3.8, 4) is 0 Å². The lowest BCUT2D eigenvalue weighted by molar-refractivity contribution is -0.128. The third-order valence-corrected chi connectivity index (χ3v) is 6.02. The molecule has 2 atom stereocenters. The summed E-state index contributed by atoms with van der Waals surface area (Å²) in [5.41, 5.74) is 1.15. The second kappa shape index (κ2) is 9.92. The van der Waals surface area contributed by atoms with E-state index in [0.717, 1.165) is 29.5 Å². The largest absolute Gasteiger partial charge is 0.356 e. The molecule has 5 nitrogen and oxygen atoms in total. The van der Waals surface area contributed by atoms with E-state index in [1.54, 1.807) is 6.33 Å². The molecule has 150 valence electrons. The molecule has 3 rings (SSSR count). The Bertz CT molecular complexity index is 760. The molecule has 0 N–H and O–H groups in total. The first-order valence-corrected chi connectivity index (χ1v) is 11.0. The fourth-order valence-electron chi connectivity index (χ4n) is 3.84. The van der Waals surface area contributed by atoms with Crippen molar-refractivity contribution in [3.63, 3.8) is 0 Å². The van der Waals surface area contributed by atoms with Crippen molar-refractivity contribution in [1.82, 2.24) is 14.9 Å². The van der Waals surface area contributed by atoms with Gasteiger partial charge in [0.2, 0.25) is 5.91 Å². The average Bonchev–Trinajstić information content (AvgIpc) is 2.70. The number of nitrogens with zero attached hydrogens (tertiary/aromatic N) is 4. The van der Waals surface area contributed by atoms with Gasteiger partial charge in [-0.1, -0.05) is 55.9 Å². The van der Waals surface area contributed by atoms with Gasteiger partial charge in [-0.25, -0.2) is 9.97 Å². The van der Waals surface area contributed by atoms with Crippen LogP contribution in [0.5, 0.6) is 0 Å². The van der Waals surface area contributed by atoms with Gasteiger partial charge in [0.1, 0.15) is 17.2 Å². The quantitative estimate of drug-likeness (QED) is 0.519. The van der Waals surface area contributed by atoms with Crippen LogP contribution in [0, 0.1) is 11.8 Å². The Morgan fingerprint density at radius 1 is 1.18 bits per heavy atom. The highest BCUT2D eigenvalue weighted by Crippen LogP contribution is 2.27. The van der Waals surface area contributed by atoms with Crippen molar-refractivity contribution < 1.29 is 4.79 Å². The Balaban J connectivity index is 1.58. The molecule has 0 bridgehead atoms. The van der Waals surface area contributed by atoms with Gasteiger partial charge in [-0.3, -0.25) is 4.79 Å². The first-order valence-electron chi connectivity index (χ1n) is 10.1. The van der Waals surface area contributed by atoms with Crippen LogP contribution in [0.3, 0.4) is 0 Å². The van der Waals surface area contributed by atoms with Crippen LogP contribution in [-0.2, 0) is 11.3 Å². The summed E-state index contributed by atoms with van der Waals surface area (Å²) in [7, 11) is 0. The molecule has 1 amide bonds. The number of rotatable bonds is 7. The number of thioether (sulfide) groups is 1. The van der Waals surface area contributed by atoms with Gasteiger partial charge in [0.05, 0.1) is 5.75 Å². The molecule has 0 aliphatic carbocycles. The van der Waals surface area contributed by atoms with E-state index >= 15 is 0 Å². The fourth-order valence-corrected chi connectivity index (χ4v) is 4.60. The molecule has 1 aromatic carbocycles. The molecular weight excluding hydrogens is 368 g/mol. The molecule has 1 fully saturated rings. The number of anilines is 1. The summed E-state index contributed by atoms with van der Waals surface area (Å²) < 4.78 is 0. The van der Waals surface area contributed by atoms with Crippen LogP contribution >= 0.6 is 11.8 Å². The Morgan fingerprint density at radius 3 is 2.57 bits per heavy atom. The maximum atomic E-state index is 12.7. The SMILES string of the molecule is CCN(Cc1ccccc1)C(=O)CSc1cc(N2CC(C)CC(C)C2)ncn1. The minimum Gasteiger partial charge on any atom is -0.356 e. The number of hydrogen-bond donors (Lipinski definition) is 0. The van der Waals surface area contributed by atoms with Crippen LogP contribution in [-0.4, -0.2) is 46.2 Å². The molecule has 28 heavy (non-hydrogen) atoms. The number of amides is 1. The van der Waals surface area contributed by atoms with E-state index in [4.69, 9.17) is 0 Å². The number of carbonyl (C=O) groups excluding carboxylic acids is 1. The zero-order valence-electron chi connectivity index (χ0n) is 17.0.